The number of esters is 2. The number of hydrogen-bond acceptors (Lipinski definition) is 5. The second-order valence-corrected chi connectivity index (χ2v) is 3.97. The summed E-state index contributed by atoms with van der Waals surface area (Å²) in [6, 6.07) is 0. The number of aliphatic hydroxyl groups is 1. The zero-order valence-corrected chi connectivity index (χ0v) is 11.1. The van der Waals surface area contributed by atoms with Crippen molar-refractivity contribution in [2.75, 3.05) is 20.8 Å². The van der Waals surface area contributed by atoms with Crippen molar-refractivity contribution in [1.82, 2.24) is 0 Å². The van der Waals surface area contributed by atoms with Crippen molar-refractivity contribution in [3.63, 3.8) is 0 Å². The van der Waals surface area contributed by atoms with Gasteiger partial charge in [0.1, 0.15) is 0 Å². The summed E-state index contributed by atoms with van der Waals surface area (Å²) in [6.45, 7) is 5.55. The molecule has 0 aliphatic heterocycles. The molecule has 0 bridgehead atoms. The molecule has 18 heavy (non-hydrogen) atoms. The fraction of sp³-hybridized carbons (Fsp3) is 0.538. The van der Waals surface area contributed by atoms with Crippen LogP contribution in [0.4, 0.5) is 0 Å². The number of hydrogen-bond donors (Lipinski definition) is 1. The summed E-state index contributed by atoms with van der Waals surface area (Å²) in [5.41, 5.74) is 1.51. The van der Waals surface area contributed by atoms with E-state index in [1.807, 2.05) is 0 Å². The minimum Gasteiger partial charge on any atom is -0.468 e. The number of aliphatic hydroxyl groups excluding tert-OH is 1. The first-order chi connectivity index (χ1) is 8.46. The van der Waals surface area contributed by atoms with Gasteiger partial charge in [0.2, 0.25) is 0 Å². The number of carbonyl (C=O) groups excluding carboxylic acids is 2. The van der Waals surface area contributed by atoms with E-state index in [2.05, 4.69) is 16.1 Å². The summed E-state index contributed by atoms with van der Waals surface area (Å²) in [5.74, 6) is -2.24. The summed E-state index contributed by atoms with van der Waals surface area (Å²) in [4.78, 5) is 22.8. The predicted molar refractivity (Wildman–Crippen MR) is 66.7 cm³/mol. The first-order valence-electron chi connectivity index (χ1n) is 5.55. The van der Waals surface area contributed by atoms with E-state index in [4.69, 9.17) is 5.11 Å². The van der Waals surface area contributed by atoms with Gasteiger partial charge < -0.3 is 14.6 Å². The predicted octanol–water partition coefficient (Wildman–Crippen LogP) is 1.22. The van der Waals surface area contributed by atoms with Gasteiger partial charge in [-0.1, -0.05) is 23.8 Å². The largest absolute Gasteiger partial charge is 0.468 e. The molecule has 1 N–H and O–H groups in total. The molecular weight excluding hydrogens is 236 g/mol. The van der Waals surface area contributed by atoms with Crippen molar-refractivity contribution in [3.8, 4) is 0 Å². The highest BCUT2D eigenvalue weighted by atomic mass is 16.5. The fourth-order valence-corrected chi connectivity index (χ4v) is 1.30. The molecule has 0 unspecified atom stereocenters. The topological polar surface area (TPSA) is 72.8 Å². The lowest BCUT2D eigenvalue weighted by Crippen LogP contribution is -2.26. The first-order valence-corrected chi connectivity index (χ1v) is 5.55. The van der Waals surface area contributed by atoms with Gasteiger partial charge in [-0.15, -0.1) is 0 Å². The second-order valence-electron chi connectivity index (χ2n) is 3.97. The Morgan fingerprint density at radius 3 is 2.17 bits per heavy atom. The van der Waals surface area contributed by atoms with Gasteiger partial charge in [-0.25, -0.2) is 0 Å². The lowest BCUT2D eigenvalue weighted by molar-refractivity contribution is -0.158. The zero-order chi connectivity index (χ0) is 14.1. The molecule has 5 nitrogen and oxygen atoms in total. The summed E-state index contributed by atoms with van der Waals surface area (Å²) < 4.78 is 9.09. The van der Waals surface area contributed by atoms with E-state index >= 15 is 0 Å². The van der Waals surface area contributed by atoms with Crippen LogP contribution < -0.4 is 0 Å². The van der Waals surface area contributed by atoms with Crippen LogP contribution in [0.3, 0.4) is 0 Å². The van der Waals surface area contributed by atoms with Crippen molar-refractivity contribution in [3.05, 3.63) is 23.8 Å². The maximum absolute atomic E-state index is 11.4. The van der Waals surface area contributed by atoms with E-state index in [0.29, 0.717) is 12.0 Å². The highest BCUT2D eigenvalue weighted by Gasteiger charge is 2.28. The number of rotatable bonds is 7. The van der Waals surface area contributed by atoms with Crippen LogP contribution in [0.15, 0.2) is 23.8 Å². The lowest BCUT2D eigenvalue weighted by atomic mass is 9.98. The van der Waals surface area contributed by atoms with E-state index in [0.717, 1.165) is 5.57 Å². The van der Waals surface area contributed by atoms with Gasteiger partial charge in [0.05, 0.1) is 20.8 Å². The summed E-state index contributed by atoms with van der Waals surface area (Å²) >= 11 is 0. The second kappa shape index (κ2) is 8.47. The maximum Gasteiger partial charge on any atom is 0.320 e. The monoisotopic (exact) mass is 256 g/mol. The van der Waals surface area contributed by atoms with Crippen molar-refractivity contribution >= 4 is 11.9 Å². The molecule has 0 atom stereocenters. The van der Waals surface area contributed by atoms with Crippen LogP contribution in [-0.4, -0.2) is 37.9 Å². The Kier molecular flexibility index (Phi) is 7.71. The Balaban J connectivity index is 4.55. The van der Waals surface area contributed by atoms with E-state index in [-0.39, 0.29) is 13.0 Å². The lowest BCUT2D eigenvalue weighted by Gasteiger charge is -2.13. The Labute approximate surface area is 107 Å². The van der Waals surface area contributed by atoms with Crippen LogP contribution in [0.25, 0.3) is 0 Å². The molecule has 0 radical (unpaired) electrons. The summed E-state index contributed by atoms with van der Waals surface area (Å²) in [6.07, 6.45) is 2.47. The van der Waals surface area contributed by atoms with Crippen molar-refractivity contribution in [2.24, 2.45) is 5.92 Å². The van der Waals surface area contributed by atoms with E-state index in [1.54, 1.807) is 13.0 Å². The Bertz CT molecular complexity index is 327. The minimum absolute atomic E-state index is 0.0231. The average Bonchev–Trinajstić information content (AvgIpc) is 2.40. The van der Waals surface area contributed by atoms with Gasteiger partial charge in [-0.2, -0.15) is 0 Å². The SMILES string of the molecule is C=C(C/C=C(\C)CO)CC(C(=O)OC)C(=O)OC. The minimum atomic E-state index is -0.977. The number of methoxy groups -OCH3 is 2. The molecule has 0 rings (SSSR count). The van der Waals surface area contributed by atoms with Gasteiger partial charge in [0.25, 0.3) is 0 Å². The first kappa shape index (κ1) is 16.4. The van der Waals surface area contributed by atoms with Crippen molar-refractivity contribution in [2.45, 2.75) is 19.8 Å². The molecule has 0 aromatic carbocycles. The third-order valence-electron chi connectivity index (χ3n) is 2.45. The van der Waals surface area contributed by atoms with E-state index in [1.165, 1.54) is 14.2 Å². The van der Waals surface area contributed by atoms with Gasteiger partial charge in [0, 0.05) is 0 Å². The Morgan fingerprint density at radius 2 is 1.78 bits per heavy atom. The molecule has 0 saturated carbocycles. The maximum atomic E-state index is 11.4. The standard InChI is InChI=1S/C13H20O5/c1-9(5-6-10(2)8-14)7-11(12(15)17-3)13(16)18-4/h6,11,14H,1,5,7-8H2,2-4H3/b10-6+. The molecule has 0 saturated heterocycles. The molecule has 0 aromatic heterocycles. The average molecular weight is 256 g/mol. The van der Waals surface area contributed by atoms with Crippen LogP contribution in [-0.2, 0) is 19.1 Å². The third-order valence-corrected chi connectivity index (χ3v) is 2.45. The van der Waals surface area contributed by atoms with E-state index in [9.17, 15) is 9.59 Å². The number of allylic oxidation sites excluding steroid dienone is 2. The molecule has 0 fully saturated rings. The molecule has 0 aliphatic rings. The van der Waals surface area contributed by atoms with Crippen LogP contribution in [0.1, 0.15) is 19.8 Å². The van der Waals surface area contributed by atoms with Gasteiger partial charge in [-0.3, -0.25) is 9.59 Å². The normalized spacial score (nSPS) is 11.3. The molecule has 5 heteroatoms. The highest BCUT2D eigenvalue weighted by molar-refractivity contribution is 5.95. The van der Waals surface area contributed by atoms with Crippen molar-refractivity contribution < 1.29 is 24.2 Å². The molecule has 0 amide bonds. The zero-order valence-electron chi connectivity index (χ0n) is 11.1. The van der Waals surface area contributed by atoms with Gasteiger partial charge in [-0.05, 0) is 19.8 Å². The van der Waals surface area contributed by atoms with Gasteiger partial charge in [0.15, 0.2) is 5.92 Å². The molecule has 0 heterocycles. The molecule has 0 aromatic rings. The fourth-order valence-electron chi connectivity index (χ4n) is 1.30. The van der Waals surface area contributed by atoms with Gasteiger partial charge >= 0.3 is 11.9 Å². The van der Waals surface area contributed by atoms with E-state index < -0.39 is 17.9 Å². The molecule has 0 aliphatic carbocycles. The number of carbonyl (C=O) groups is 2. The Hall–Kier alpha value is -1.62. The third kappa shape index (κ3) is 5.63. The smallest absolute Gasteiger partial charge is 0.320 e. The summed E-state index contributed by atoms with van der Waals surface area (Å²) in [5, 5.41) is 8.84. The number of ether oxygens (including phenoxy) is 2. The van der Waals surface area contributed by atoms with Crippen molar-refractivity contribution in [1.29, 1.82) is 0 Å². The van der Waals surface area contributed by atoms with Crippen LogP contribution in [0, 0.1) is 5.92 Å². The molecule has 102 valence electrons. The Morgan fingerprint density at radius 1 is 1.28 bits per heavy atom. The highest BCUT2D eigenvalue weighted by Crippen LogP contribution is 2.17. The molecular formula is C13H20O5. The van der Waals surface area contributed by atoms with Crippen LogP contribution in [0.2, 0.25) is 0 Å². The van der Waals surface area contributed by atoms with Crippen LogP contribution >= 0.6 is 0 Å². The quantitative estimate of drug-likeness (QED) is 0.421. The van der Waals surface area contributed by atoms with Crippen LogP contribution in [0.5, 0.6) is 0 Å². The molecule has 0 spiro atoms. The summed E-state index contributed by atoms with van der Waals surface area (Å²) in [7, 11) is 2.44.